The van der Waals surface area contributed by atoms with E-state index < -0.39 is 10.9 Å². The molecule has 0 amide bonds. The zero-order valence-electron chi connectivity index (χ0n) is 13.2. The Bertz CT molecular complexity index is 994. The van der Waals surface area contributed by atoms with Crippen LogP contribution in [0.1, 0.15) is 16.7 Å². The highest BCUT2D eigenvalue weighted by atomic mass is 16.7. The number of carboxylic acids is 1. The second-order valence-corrected chi connectivity index (χ2v) is 5.64. The molecule has 1 N–H and O–H groups in total. The molecule has 9 nitrogen and oxygen atoms in total. The van der Waals surface area contributed by atoms with Crippen LogP contribution in [0.15, 0.2) is 46.6 Å². The zero-order valence-corrected chi connectivity index (χ0v) is 13.2. The Morgan fingerprint density at radius 1 is 1.12 bits per heavy atom. The summed E-state index contributed by atoms with van der Waals surface area (Å²) in [5, 5.41) is 28.1. The second kappa shape index (κ2) is 5.96. The Morgan fingerprint density at radius 3 is 2.46 bits per heavy atom. The van der Waals surface area contributed by atoms with Gasteiger partial charge in [0.15, 0.2) is 17.2 Å². The maximum absolute atomic E-state index is 11.4. The van der Waals surface area contributed by atoms with Crippen molar-refractivity contribution in [3.8, 4) is 11.5 Å². The van der Waals surface area contributed by atoms with E-state index in [1.807, 2.05) is 0 Å². The zero-order chi connectivity index (χ0) is 18.3. The molecule has 4 rings (SSSR count). The van der Waals surface area contributed by atoms with Gasteiger partial charge in [0, 0.05) is 29.7 Å². The van der Waals surface area contributed by atoms with Gasteiger partial charge in [-0.05, 0) is 29.8 Å². The average molecular weight is 353 g/mol. The smallest absolute Gasteiger partial charge is 0.352 e. The molecule has 0 aliphatic carbocycles. The third kappa shape index (κ3) is 2.65. The number of hydrogen-bond donors (Lipinski definition) is 1. The van der Waals surface area contributed by atoms with E-state index in [0.717, 1.165) is 0 Å². The predicted octanol–water partition coefficient (Wildman–Crippen LogP) is 2.16. The molecule has 0 aromatic heterocycles. The number of ether oxygens (including phenoxy) is 2. The molecule has 26 heavy (non-hydrogen) atoms. The summed E-state index contributed by atoms with van der Waals surface area (Å²) < 4.78 is 10.8. The van der Waals surface area contributed by atoms with Crippen molar-refractivity contribution in [2.45, 2.75) is 6.42 Å². The van der Waals surface area contributed by atoms with Crippen LogP contribution in [-0.2, 0) is 11.2 Å². The Kier molecular flexibility index (Phi) is 3.61. The topological polar surface area (TPSA) is 124 Å². The number of aliphatic carboxylic acids is 1. The first-order valence-electron chi connectivity index (χ1n) is 7.58. The number of nitrogens with zero attached hydrogens (tertiary/aromatic N) is 3. The summed E-state index contributed by atoms with van der Waals surface area (Å²) in [6.07, 6.45) is 0.0707. The molecule has 130 valence electrons. The summed E-state index contributed by atoms with van der Waals surface area (Å²) in [7, 11) is 0. The molecule has 2 aliphatic heterocycles. The van der Waals surface area contributed by atoms with Crippen LogP contribution in [-0.4, -0.2) is 34.2 Å². The number of carbonyl (C=O) groups is 1. The highest BCUT2D eigenvalue weighted by Crippen LogP contribution is 2.36. The monoisotopic (exact) mass is 353 g/mol. The van der Waals surface area contributed by atoms with E-state index in [-0.39, 0.29) is 24.6 Å². The highest BCUT2D eigenvalue weighted by molar-refractivity contribution is 6.36. The van der Waals surface area contributed by atoms with Gasteiger partial charge in [0.05, 0.1) is 4.92 Å². The van der Waals surface area contributed by atoms with Gasteiger partial charge in [0.25, 0.3) is 5.69 Å². The van der Waals surface area contributed by atoms with Crippen LogP contribution in [0.2, 0.25) is 0 Å². The van der Waals surface area contributed by atoms with E-state index in [1.54, 1.807) is 24.3 Å². The van der Waals surface area contributed by atoms with Crippen molar-refractivity contribution in [2.24, 2.45) is 10.2 Å². The number of benzene rings is 2. The Labute approximate surface area is 146 Å². The number of rotatable bonds is 3. The molecule has 0 unspecified atom stereocenters. The number of hydrogen-bond acceptors (Lipinski definition) is 7. The highest BCUT2D eigenvalue weighted by Gasteiger charge is 2.25. The number of non-ortho nitro benzene ring substituents is 1. The van der Waals surface area contributed by atoms with Crippen molar-refractivity contribution in [1.29, 1.82) is 0 Å². The van der Waals surface area contributed by atoms with Crippen LogP contribution in [0.25, 0.3) is 0 Å². The number of carboxylic acid groups (broad SMARTS) is 1. The fourth-order valence-corrected chi connectivity index (χ4v) is 2.80. The first-order chi connectivity index (χ1) is 12.5. The molecule has 0 bridgehead atoms. The van der Waals surface area contributed by atoms with Crippen LogP contribution in [0.4, 0.5) is 5.69 Å². The van der Waals surface area contributed by atoms with Crippen LogP contribution in [0.3, 0.4) is 0 Å². The third-order valence-corrected chi connectivity index (χ3v) is 4.08. The van der Waals surface area contributed by atoms with Crippen molar-refractivity contribution in [2.75, 3.05) is 6.79 Å². The van der Waals surface area contributed by atoms with E-state index in [0.29, 0.717) is 33.9 Å². The summed E-state index contributed by atoms with van der Waals surface area (Å²) in [6, 6.07) is 9.24. The molecule has 0 spiro atoms. The average Bonchev–Trinajstić information content (AvgIpc) is 2.99. The Hall–Kier alpha value is -3.75. The Morgan fingerprint density at radius 2 is 1.81 bits per heavy atom. The molecule has 0 saturated carbocycles. The van der Waals surface area contributed by atoms with Crippen molar-refractivity contribution in [3.63, 3.8) is 0 Å². The molecule has 2 heterocycles. The van der Waals surface area contributed by atoms with Gasteiger partial charge in [0.1, 0.15) is 5.71 Å². The normalized spacial score (nSPS) is 14.8. The van der Waals surface area contributed by atoms with E-state index in [2.05, 4.69) is 10.2 Å². The molecule has 2 aromatic rings. The van der Waals surface area contributed by atoms with E-state index in [4.69, 9.17) is 9.47 Å². The summed E-state index contributed by atoms with van der Waals surface area (Å²) in [5.41, 5.74) is 2.13. The fourth-order valence-electron chi connectivity index (χ4n) is 2.80. The largest absolute Gasteiger partial charge is 0.477 e. The van der Waals surface area contributed by atoms with Crippen LogP contribution >= 0.6 is 0 Å². The van der Waals surface area contributed by atoms with Gasteiger partial charge < -0.3 is 14.6 Å². The van der Waals surface area contributed by atoms with Gasteiger partial charge in [-0.25, -0.2) is 4.79 Å². The maximum Gasteiger partial charge on any atom is 0.352 e. The van der Waals surface area contributed by atoms with E-state index in [1.165, 1.54) is 12.1 Å². The van der Waals surface area contributed by atoms with E-state index in [9.17, 15) is 20.0 Å². The standard InChI is InChI=1S/C17H11N3O6/c21-17(22)13-5-10-6-14-15(26-8-25-14)7-12(10)16(19-18-13)9-1-3-11(4-2-9)20(23)24/h1-4,6-7H,5,8H2,(H,21,22). The maximum atomic E-state index is 11.4. The summed E-state index contributed by atoms with van der Waals surface area (Å²) in [6.45, 7) is 0.0854. The number of fused-ring (bicyclic) bond motifs is 2. The SMILES string of the molecule is O=C(O)C1=NN=C(c2ccc([N+](=O)[O-])cc2)c2cc3c(cc2C1)OCO3. The predicted molar refractivity (Wildman–Crippen MR) is 90.1 cm³/mol. The second-order valence-electron chi connectivity index (χ2n) is 5.64. The fraction of sp³-hybridized carbons (Fsp3) is 0.118. The molecule has 0 radical (unpaired) electrons. The van der Waals surface area contributed by atoms with Gasteiger partial charge in [0.2, 0.25) is 6.79 Å². The molecule has 9 heteroatoms. The van der Waals surface area contributed by atoms with Gasteiger partial charge in [-0.15, -0.1) is 10.2 Å². The van der Waals surface area contributed by atoms with Gasteiger partial charge >= 0.3 is 5.97 Å². The quantitative estimate of drug-likeness (QED) is 0.666. The van der Waals surface area contributed by atoms with Gasteiger partial charge in [-0.2, -0.15) is 0 Å². The summed E-state index contributed by atoms with van der Waals surface area (Å²) in [4.78, 5) is 21.7. The molecule has 0 saturated heterocycles. The first kappa shape index (κ1) is 15.8. The van der Waals surface area contributed by atoms with Crippen LogP contribution in [0, 0.1) is 10.1 Å². The van der Waals surface area contributed by atoms with E-state index >= 15 is 0 Å². The Balaban J connectivity index is 1.87. The lowest BCUT2D eigenvalue weighted by molar-refractivity contribution is -0.384. The third-order valence-electron chi connectivity index (χ3n) is 4.08. The van der Waals surface area contributed by atoms with Crippen LogP contribution < -0.4 is 9.47 Å². The van der Waals surface area contributed by atoms with Crippen molar-refractivity contribution >= 4 is 23.1 Å². The summed E-state index contributed by atoms with van der Waals surface area (Å²) >= 11 is 0. The molecule has 0 atom stereocenters. The van der Waals surface area contributed by atoms with Crippen molar-refractivity contribution in [1.82, 2.24) is 0 Å². The molecule has 2 aromatic carbocycles. The first-order valence-corrected chi connectivity index (χ1v) is 7.58. The molecular weight excluding hydrogens is 342 g/mol. The number of nitro benzene ring substituents is 1. The molecule has 0 fully saturated rings. The van der Waals surface area contributed by atoms with Gasteiger partial charge in [-0.3, -0.25) is 10.1 Å². The lowest BCUT2D eigenvalue weighted by Crippen LogP contribution is -2.15. The summed E-state index contributed by atoms with van der Waals surface area (Å²) in [5.74, 6) is -0.113. The lowest BCUT2D eigenvalue weighted by Gasteiger charge is -2.10. The van der Waals surface area contributed by atoms with Crippen LogP contribution in [0.5, 0.6) is 11.5 Å². The minimum atomic E-state index is -1.16. The lowest BCUT2D eigenvalue weighted by atomic mass is 9.94. The minimum absolute atomic E-state index is 0.0522. The van der Waals surface area contributed by atoms with Crippen molar-refractivity contribution < 1.29 is 24.3 Å². The molecule has 2 aliphatic rings. The van der Waals surface area contributed by atoms with Gasteiger partial charge in [-0.1, -0.05) is 0 Å². The minimum Gasteiger partial charge on any atom is -0.477 e. The number of nitro groups is 1. The molecular formula is C17H11N3O6. The van der Waals surface area contributed by atoms with Crippen molar-refractivity contribution in [3.05, 3.63) is 63.2 Å².